The van der Waals surface area contributed by atoms with Gasteiger partial charge in [0.1, 0.15) is 5.75 Å². The Labute approximate surface area is 122 Å². The van der Waals surface area contributed by atoms with E-state index in [1.165, 1.54) is 5.57 Å². The summed E-state index contributed by atoms with van der Waals surface area (Å²) in [6.07, 6.45) is 7.00. The second kappa shape index (κ2) is 9.50. The van der Waals surface area contributed by atoms with Crippen LogP contribution >= 0.6 is 0 Å². The summed E-state index contributed by atoms with van der Waals surface area (Å²) in [6, 6.07) is 2.04. The van der Waals surface area contributed by atoms with Crippen molar-refractivity contribution in [2.24, 2.45) is 0 Å². The van der Waals surface area contributed by atoms with E-state index in [4.69, 9.17) is 9.47 Å². The van der Waals surface area contributed by atoms with Crippen LogP contribution in [0.25, 0.3) is 5.57 Å². The Bertz CT molecular complexity index is 417. The lowest BCUT2D eigenvalue weighted by Crippen LogP contribution is -2.19. The van der Waals surface area contributed by atoms with Gasteiger partial charge in [0, 0.05) is 19.9 Å². The topological polar surface area (TPSA) is 43.4 Å². The summed E-state index contributed by atoms with van der Waals surface area (Å²) in [5.74, 6) is 0.823. The number of aromatic nitrogens is 1. The second-order valence-electron chi connectivity index (χ2n) is 4.99. The van der Waals surface area contributed by atoms with Gasteiger partial charge in [-0.15, -0.1) is 0 Å². The molecule has 1 aromatic heterocycles. The summed E-state index contributed by atoms with van der Waals surface area (Å²) in [6.45, 7) is 8.73. The number of pyridine rings is 1. The highest BCUT2D eigenvalue weighted by Gasteiger charge is 2.01. The molecule has 0 aromatic carbocycles. The summed E-state index contributed by atoms with van der Waals surface area (Å²) in [4.78, 5) is 4.23. The average Bonchev–Trinajstić information content (AvgIpc) is 2.42. The molecule has 0 aliphatic rings. The maximum Gasteiger partial charge on any atom is 0.138 e. The first-order valence-electron chi connectivity index (χ1n) is 7.12. The molecule has 0 amide bonds. The summed E-state index contributed by atoms with van der Waals surface area (Å²) < 4.78 is 10.6. The van der Waals surface area contributed by atoms with Gasteiger partial charge in [-0.05, 0) is 50.9 Å². The van der Waals surface area contributed by atoms with Crippen molar-refractivity contribution in [2.45, 2.75) is 33.3 Å². The van der Waals surface area contributed by atoms with E-state index in [2.05, 4.69) is 23.3 Å². The van der Waals surface area contributed by atoms with E-state index in [-0.39, 0.29) is 6.10 Å². The predicted octanol–water partition coefficient (Wildman–Crippen LogP) is 2.90. The molecule has 0 aliphatic heterocycles. The minimum absolute atomic E-state index is 0.168. The van der Waals surface area contributed by atoms with Crippen LogP contribution in [-0.4, -0.2) is 37.9 Å². The van der Waals surface area contributed by atoms with E-state index in [1.807, 2.05) is 26.1 Å². The van der Waals surface area contributed by atoms with Gasteiger partial charge >= 0.3 is 0 Å². The third-order valence-electron chi connectivity index (χ3n) is 2.79. The Morgan fingerprint density at radius 3 is 2.85 bits per heavy atom. The Morgan fingerprint density at radius 1 is 1.35 bits per heavy atom. The third-order valence-corrected chi connectivity index (χ3v) is 2.79. The summed E-state index contributed by atoms with van der Waals surface area (Å²) in [5.41, 5.74) is 2.33. The third kappa shape index (κ3) is 6.68. The first kappa shape index (κ1) is 16.7. The molecular formula is C16H26N2O2. The molecule has 0 radical (unpaired) electrons. The van der Waals surface area contributed by atoms with E-state index in [1.54, 1.807) is 13.3 Å². The number of nitrogens with zero attached hydrogens (tertiary/aromatic N) is 1. The van der Waals surface area contributed by atoms with Crippen LogP contribution in [0, 0.1) is 0 Å². The maximum atomic E-state index is 5.66. The largest absolute Gasteiger partial charge is 0.489 e. The standard InChI is InChI=1S/C16H26N2O2/c1-13(2)20-16-10-15(11-18-12-16)14(3)6-5-7-17-8-9-19-4/h6,10-13,17H,5,7-9H2,1-4H3/b14-6-. The molecule has 1 rings (SSSR count). The summed E-state index contributed by atoms with van der Waals surface area (Å²) in [5, 5.41) is 3.32. The van der Waals surface area contributed by atoms with E-state index in [0.717, 1.165) is 37.4 Å². The van der Waals surface area contributed by atoms with Crippen LogP contribution in [0.5, 0.6) is 5.75 Å². The second-order valence-corrected chi connectivity index (χ2v) is 4.99. The van der Waals surface area contributed by atoms with Crippen molar-refractivity contribution in [2.75, 3.05) is 26.8 Å². The lowest BCUT2D eigenvalue weighted by molar-refractivity contribution is 0.199. The Morgan fingerprint density at radius 2 is 2.15 bits per heavy atom. The van der Waals surface area contributed by atoms with Crippen molar-refractivity contribution in [1.29, 1.82) is 0 Å². The van der Waals surface area contributed by atoms with Crippen LogP contribution < -0.4 is 10.1 Å². The molecule has 0 aliphatic carbocycles. The number of ether oxygens (including phenoxy) is 2. The molecule has 1 N–H and O–H groups in total. The number of nitrogens with one attached hydrogen (secondary N) is 1. The van der Waals surface area contributed by atoms with Crippen LogP contribution in [0.1, 0.15) is 32.8 Å². The van der Waals surface area contributed by atoms with Crippen LogP contribution in [-0.2, 0) is 4.74 Å². The molecule has 1 aromatic rings. The van der Waals surface area contributed by atoms with Crippen molar-refractivity contribution < 1.29 is 9.47 Å². The fourth-order valence-electron chi connectivity index (χ4n) is 1.78. The van der Waals surface area contributed by atoms with Gasteiger partial charge in [0.05, 0.1) is 18.9 Å². The van der Waals surface area contributed by atoms with E-state index >= 15 is 0 Å². The molecule has 0 saturated heterocycles. The molecule has 20 heavy (non-hydrogen) atoms. The summed E-state index contributed by atoms with van der Waals surface area (Å²) in [7, 11) is 1.71. The number of rotatable bonds is 9. The SMILES string of the molecule is COCCNCC/C=C(/C)c1cncc(OC(C)C)c1. The predicted molar refractivity (Wildman–Crippen MR) is 83.0 cm³/mol. The average molecular weight is 278 g/mol. The zero-order valence-corrected chi connectivity index (χ0v) is 13.0. The van der Waals surface area contributed by atoms with Gasteiger partial charge in [-0.1, -0.05) is 6.08 Å². The minimum atomic E-state index is 0.168. The van der Waals surface area contributed by atoms with Gasteiger partial charge in [-0.25, -0.2) is 0 Å². The van der Waals surface area contributed by atoms with Crippen LogP contribution in [0.2, 0.25) is 0 Å². The number of hydrogen-bond donors (Lipinski definition) is 1. The molecule has 112 valence electrons. The van der Waals surface area contributed by atoms with Crippen LogP contribution in [0.3, 0.4) is 0 Å². The normalized spacial score (nSPS) is 11.9. The van der Waals surface area contributed by atoms with E-state index in [0.29, 0.717) is 0 Å². The lowest BCUT2D eigenvalue weighted by atomic mass is 10.1. The molecule has 0 saturated carbocycles. The number of methoxy groups -OCH3 is 1. The highest BCUT2D eigenvalue weighted by molar-refractivity contribution is 5.63. The van der Waals surface area contributed by atoms with Gasteiger partial charge < -0.3 is 14.8 Å². The van der Waals surface area contributed by atoms with Crippen LogP contribution in [0.4, 0.5) is 0 Å². The zero-order valence-electron chi connectivity index (χ0n) is 13.0. The Balaban J connectivity index is 2.47. The molecule has 0 bridgehead atoms. The molecule has 0 fully saturated rings. The van der Waals surface area contributed by atoms with Gasteiger partial charge in [0.15, 0.2) is 0 Å². The molecule has 4 heteroatoms. The minimum Gasteiger partial charge on any atom is -0.489 e. The maximum absolute atomic E-state index is 5.66. The van der Waals surface area contributed by atoms with Gasteiger partial charge in [0.25, 0.3) is 0 Å². The fourth-order valence-corrected chi connectivity index (χ4v) is 1.78. The van der Waals surface area contributed by atoms with Crippen LogP contribution in [0.15, 0.2) is 24.5 Å². The molecule has 4 nitrogen and oxygen atoms in total. The van der Waals surface area contributed by atoms with Crippen molar-refractivity contribution >= 4 is 5.57 Å². The van der Waals surface area contributed by atoms with E-state index in [9.17, 15) is 0 Å². The smallest absolute Gasteiger partial charge is 0.138 e. The van der Waals surface area contributed by atoms with Gasteiger partial charge in [-0.2, -0.15) is 0 Å². The molecule has 0 unspecified atom stereocenters. The molecular weight excluding hydrogens is 252 g/mol. The highest BCUT2D eigenvalue weighted by atomic mass is 16.5. The van der Waals surface area contributed by atoms with Gasteiger partial charge in [0.2, 0.25) is 0 Å². The van der Waals surface area contributed by atoms with Crippen molar-refractivity contribution in [3.63, 3.8) is 0 Å². The van der Waals surface area contributed by atoms with Crippen molar-refractivity contribution in [1.82, 2.24) is 10.3 Å². The molecule has 0 atom stereocenters. The monoisotopic (exact) mass is 278 g/mol. The van der Waals surface area contributed by atoms with E-state index < -0.39 is 0 Å². The summed E-state index contributed by atoms with van der Waals surface area (Å²) >= 11 is 0. The lowest BCUT2D eigenvalue weighted by Gasteiger charge is -2.10. The number of hydrogen-bond acceptors (Lipinski definition) is 4. The first-order chi connectivity index (χ1) is 9.63. The Hall–Kier alpha value is -1.39. The van der Waals surface area contributed by atoms with Crippen molar-refractivity contribution in [3.8, 4) is 5.75 Å². The molecule has 1 heterocycles. The molecule has 0 spiro atoms. The zero-order chi connectivity index (χ0) is 14.8. The Kier molecular flexibility index (Phi) is 7.92. The fraction of sp³-hybridized carbons (Fsp3) is 0.562. The quantitative estimate of drug-likeness (QED) is 0.705. The number of allylic oxidation sites excluding steroid dienone is 1. The van der Waals surface area contributed by atoms with Gasteiger partial charge in [-0.3, -0.25) is 4.98 Å². The highest BCUT2D eigenvalue weighted by Crippen LogP contribution is 2.19. The van der Waals surface area contributed by atoms with Crippen molar-refractivity contribution in [3.05, 3.63) is 30.1 Å². The first-order valence-corrected chi connectivity index (χ1v) is 7.12.